The van der Waals surface area contributed by atoms with Crippen molar-refractivity contribution in [1.29, 1.82) is 0 Å². The molecule has 0 aliphatic carbocycles. The molecular formula is C44H57N7O8. The minimum absolute atomic E-state index is 0.279. The quantitative estimate of drug-likeness (QED) is 0.160. The molecule has 59 heavy (non-hydrogen) atoms. The van der Waals surface area contributed by atoms with Crippen LogP contribution in [0.15, 0.2) is 78.9 Å². The van der Waals surface area contributed by atoms with Crippen LogP contribution in [0, 0.1) is 5.41 Å². The predicted octanol–water partition coefficient (Wildman–Crippen LogP) is 5.66. The van der Waals surface area contributed by atoms with Gasteiger partial charge in [-0.15, -0.1) is 0 Å². The van der Waals surface area contributed by atoms with Crippen LogP contribution in [0.4, 0.5) is 26.7 Å². The molecule has 5 rings (SSSR count). The van der Waals surface area contributed by atoms with Crippen LogP contribution in [-0.2, 0) is 41.7 Å². The Morgan fingerprint density at radius 1 is 0.678 bits per heavy atom. The third-order valence-electron chi connectivity index (χ3n) is 10.7. The average Bonchev–Trinajstić information content (AvgIpc) is 3.94. The van der Waals surface area contributed by atoms with Crippen molar-refractivity contribution < 1.29 is 38.2 Å². The third kappa shape index (κ3) is 11.5. The van der Waals surface area contributed by atoms with Crippen LogP contribution in [0.25, 0.3) is 0 Å². The maximum Gasteiger partial charge on any atom is 0.407 e. The van der Waals surface area contributed by atoms with Crippen LogP contribution in [0.3, 0.4) is 0 Å². The molecule has 0 bridgehead atoms. The Kier molecular flexibility index (Phi) is 14.9. The van der Waals surface area contributed by atoms with Gasteiger partial charge in [0.2, 0.25) is 23.6 Å². The molecule has 0 radical (unpaired) electrons. The summed E-state index contributed by atoms with van der Waals surface area (Å²) < 4.78 is 9.41. The molecule has 15 nitrogen and oxygen atoms in total. The molecule has 3 aromatic rings. The van der Waals surface area contributed by atoms with Gasteiger partial charge in [0.15, 0.2) is 0 Å². The molecule has 4 unspecified atom stereocenters. The maximum atomic E-state index is 13.6. The first kappa shape index (κ1) is 44.0. The first-order valence-corrected chi connectivity index (χ1v) is 20.1. The molecule has 3 aromatic carbocycles. The highest BCUT2D eigenvalue weighted by Crippen LogP contribution is 2.28. The Balaban J connectivity index is 1.20. The van der Waals surface area contributed by atoms with Gasteiger partial charge in [0.25, 0.3) is 0 Å². The van der Waals surface area contributed by atoms with E-state index in [1.54, 1.807) is 11.8 Å². The number of carbonyl (C=O) groups is 6. The first-order valence-electron chi connectivity index (χ1n) is 20.1. The Morgan fingerprint density at radius 2 is 1.14 bits per heavy atom. The van der Waals surface area contributed by atoms with Crippen LogP contribution in [0.2, 0.25) is 0 Å². The van der Waals surface area contributed by atoms with Crippen molar-refractivity contribution in [3.05, 3.63) is 90.0 Å². The Labute approximate surface area is 346 Å². The molecule has 2 heterocycles. The van der Waals surface area contributed by atoms with E-state index in [4.69, 9.17) is 4.74 Å². The van der Waals surface area contributed by atoms with Gasteiger partial charge in [0, 0.05) is 43.2 Å². The number of para-hydroxylation sites is 1. The number of benzene rings is 3. The first-order chi connectivity index (χ1) is 28.2. The van der Waals surface area contributed by atoms with Crippen molar-refractivity contribution >= 4 is 52.9 Å². The van der Waals surface area contributed by atoms with Crippen LogP contribution in [0.5, 0.6) is 0 Å². The van der Waals surface area contributed by atoms with Gasteiger partial charge in [-0.3, -0.25) is 19.2 Å². The number of hydrogen-bond acceptors (Lipinski definition) is 9. The highest BCUT2D eigenvalue weighted by atomic mass is 16.5. The number of likely N-dealkylation sites (tertiary alicyclic amines) is 2. The predicted molar refractivity (Wildman–Crippen MR) is 224 cm³/mol. The topological polar surface area (TPSA) is 179 Å². The fraction of sp³-hybridized carbons (Fsp3) is 0.455. The second kappa shape index (κ2) is 20.0. The van der Waals surface area contributed by atoms with Gasteiger partial charge >= 0.3 is 12.2 Å². The summed E-state index contributed by atoms with van der Waals surface area (Å²) in [6, 6.07) is 22.3. The van der Waals surface area contributed by atoms with E-state index in [1.165, 1.54) is 19.1 Å². The monoisotopic (exact) mass is 811 g/mol. The second-order valence-corrected chi connectivity index (χ2v) is 16.0. The average molecular weight is 812 g/mol. The van der Waals surface area contributed by atoms with Gasteiger partial charge in [0.05, 0.1) is 14.2 Å². The Morgan fingerprint density at radius 3 is 1.58 bits per heavy atom. The SMILES string of the molecule is CCC(NC(=O)OC)C(=O)N1CCCC1C(=O)Nc1ccc(CN(Cc2ccc(NC(=O)C3CCCN3C(=O)C(NC(=O)OC)C(C)(C)C)cc2)c2ccccc2)cc1. The Bertz CT molecular complexity index is 1930. The zero-order valence-corrected chi connectivity index (χ0v) is 34.8. The van der Waals surface area contributed by atoms with E-state index in [-0.39, 0.29) is 23.6 Å². The molecule has 4 N–H and O–H groups in total. The van der Waals surface area contributed by atoms with Crippen LogP contribution in [0.1, 0.15) is 70.9 Å². The number of nitrogens with one attached hydrogen (secondary N) is 4. The molecular weight excluding hydrogens is 755 g/mol. The van der Waals surface area contributed by atoms with E-state index < -0.39 is 41.8 Å². The lowest BCUT2D eigenvalue weighted by atomic mass is 9.85. The Hall–Kier alpha value is -6.12. The number of rotatable bonds is 14. The third-order valence-corrected chi connectivity index (χ3v) is 10.7. The smallest absolute Gasteiger partial charge is 0.407 e. The summed E-state index contributed by atoms with van der Waals surface area (Å²) in [6.07, 6.45) is 1.37. The fourth-order valence-electron chi connectivity index (χ4n) is 7.49. The highest BCUT2D eigenvalue weighted by Gasteiger charge is 2.42. The van der Waals surface area contributed by atoms with Crippen LogP contribution in [-0.4, -0.2) is 97.1 Å². The highest BCUT2D eigenvalue weighted by molar-refractivity contribution is 5.99. The van der Waals surface area contributed by atoms with Gasteiger partial charge in [0.1, 0.15) is 24.2 Å². The van der Waals surface area contributed by atoms with Gasteiger partial charge in [-0.25, -0.2) is 9.59 Å². The summed E-state index contributed by atoms with van der Waals surface area (Å²) in [5.41, 5.74) is 3.65. The maximum absolute atomic E-state index is 13.6. The molecule has 6 amide bonds. The number of alkyl carbamates (subject to hydrolysis) is 2. The lowest BCUT2D eigenvalue weighted by Crippen LogP contribution is -2.57. The molecule has 2 saturated heterocycles. The van der Waals surface area contributed by atoms with E-state index in [1.807, 2.05) is 99.6 Å². The fourth-order valence-corrected chi connectivity index (χ4v) is 7.49. The number of nitrogens with zero attached hydrogens (tertiary/aromatic N) is 3. The standard InChI is InChI=1S/C44H57N7O8/c1-7-34(47-42(56)58-5)40(54)50-25-11-15-35(50)38(52)45-31-21-17-29(18-22-31)27-49(33-13-9-8-10-14-33)28-30-19-23-32(24-20-30)46-39(53)36-16-12-26-51(36)41(55)37(44(2,3)4)48-43(57)59-6/h8-10,13-14,17-24,34-37H,7,11-12,15-16,25-28H2,1-6H3,(H,45,52)(H,46,53)(H,47,56)(H,48,57). The van der Waals surface area contributed by atoms with E-state index in [9.17, 15) is 28.8 Å². The van der Waals surface area contributed by atoms with Crippen molar-refractivity contribution in [2.45, 2.75) is 97.1 Å². The van der Waals surface area contributed by atoms with Crippen molar-refractivity contribution in [2.75, 3.05) is 42.8 Å². The summed E-state index contributed by atoms with van der Waals surface area (Å²) >= 11 is 0. The number of amides is 6. The zero-order chi connectivity index (χ0) is 42.7. The molecule has 0 saturated carbocycles. The van der Waals surface area contributed by atoms with Crippen molar-refractivity contribution in [1.82, 2.24) is 20.4 Å². The van der Waals surface area contributed by atoms with Gasteiger partial charge in [-0.1, -0.05) is 70.2 Å². The summed E-state index contributed by atoms with van der Waals surface area (Å²) in [5.74, 6) is -1.19. The molecule has 15 heteroatoms. The van der Waals surface area contributed by atoms with E-state index >= 15 is 0 Å². The summed E-state index contributed by atoms with van der Waals surface area (Å²) in [7, 11) is 2.49. The molecule has 4 atom stereocenters. The molecule has 2 aliphatic heterocycles. The molecule has 2 fully saturated rings. The lowest BCUT2D eigenvalue weighted by molar-refractivity contribution is -0.140. The summed E-state index contributed by atoms with van der Waals surface area (Å²) in [6.45, 7) is 9.33. The number of hydrogen-bond donors (Lipinski definition) is 4. The summed E-state index contributed by atoms with van der Waals surface area (Å²) in [4.78, 5) is 82.9. The number of ether oxygens (including phenoxy) is 2. The normalized spacial score (nSPS) is 17.3. The molecule has 0 spiro atoms. The number of methoxy groups -OCH3 is 2. The summed E-state index contributed by atoms with van der Waals surface area (Å²) in [5, 5.41) is 11.2. The van der Waals surface area contributed by atoms with Crippen LogP contribution >= 0.6 is 0 Å². The largest absolute Gasteiger partial charge is 0.453 e. The minimum atomic E-state index is -0.862. The van der Waals surface area contributed by atoms with E-state index in [2.05, 4.69) is 30.9 Å². The number of anilines is 3. The van der Waals surface area contributed by atoms with Crippen LogP contribution < -0.4 is 26.2 Å². The van der Waals surface area contributed by atoms with E-state index in [0.29, 0.717) is 69.7 Å². The van der Waals surface area contributed by atoms with Crippen molar-refractivity contribution in [3.63, 3.8) is 0 Å². The van der Waals surface area contributed by atoms with Gasteiger partial charge in [-0.05, 0) is 85.0 Å². The van der Waals surface area contributed by atoms with Crippen molar-refractivity contribution in [2.24, 2.45) is 5.41 Å². The minimum Gasteiger partial charge on any atom is -0.453 e. The lowest BCUT2D eigenvalue weighted by Gasteiger charge is -2.35. The number of carbonyl (C=O) groups excluding carboxylic acids is 6. The van der Waals surface area contributed by atoms with E-state index in [0.717, 1.165) is 16.8 Å². The van der Waals surface area contributed by atoms with Gasteiger partial charge in [-0.2, -0.15) is 0 Å². The van der Waals surface area contributed by atoms with Crippen molar-refractivity contribution in [3.8, 4) is 0 Å². The second-order valence-electron chi connectivity index (χ2n) is 16.0. The van der Waals surface area contributed by atoms with Gasteiger partial charge < -0.3 is 45.4 Å². The zero-order valence-electron chi connectivity index (χ0n) is 34.8. The molecule has 2 aliphatic rings. The molecule has 0 aromatic heterocycles. The molecule has 316 valence electrons.